The van der Waals surface area contributed by atoms with Gasteiger partial charge in [0.1, 0.15) is 18.8 Å². The number of hydrogen-bond donors (Lipinski definition) is 4. The highest BCUT2D eigenvalue weighted by Crippen LogP contribution is 2.19. The first kappa shape index (κ1) is 15.7. The Morgan fingerprint density at radius 1 is 1.24 bits per heavy atom. The zero-order chi connectivity index (χ0) is 15.4. The van der Waals surface area contributed by atoms with E-state index in [-0.39, 0.29) is 6.61 Å². The summed E-state index contributed by atoms with van der Waals surface area (Å²) in [7, 11) is 0. The second kappa shape index (κ2) is 6.86. The van der Waals surface area contributed by atoms with Crippen molar-refractivity contribution < 1.29 is 29.6 Å². The predicted octanol–water partition coefficient (Wildman–Crippen LogP) is -0.260. The first-order valence-corrected chi connectivity index (χ1v) is 6.66. The minimum absolute atomic E-state index is 0.0696. The van der Waals surface area contributed by atoms with Crippen LogP contribution in [0.25, 0.3) is 0 Å². The van der Waals surface area contributed by atoms with Gasteiger partial charge in [-0.3, -0.25) is 0 Å². The molecule has 1 amide bonds. The number of hydrogen-bond acceptors (Lipinski definition) is 6. The lowest BCUT2D eigenvalue weighted by atomic mass is 9.97. The molecule has 116 valence electrons. The lowest BCUT2D eigenvalue weighted by molar-refractivity contribution is -0.250. The third-order valence-corrected chi connectivity index (χ3v) is 3.36. The SMILES string of the molecule is CC1OC(O)C(O)C(NC(=O)OCc2ccccc2)C1O. The van der Waals surface area contributed by atoms with Gasteiger partial charge in [-0.15, -0.1) is 0 Å². The Labute approximate surface area is 122 Å². The highest BCUT2D eigenvalue weighted by molar-refractivity contribution is 5.67. The molecule has 1 aliphatic heterocycles. The molecular formula is C14H19NO6. The molecule has 4 N–H and O–H groups in total. The number of rotatable bonds is 3. The number of alkyl carbamates (subject to hydrolysis) is 1. The molecule has 21 heavy (non-hydrogen) atoms. The lowest BCUT2D eigenvalue weighted by Gasteiger charge is -2.39. The molecule has 0 spiro atoms. The van der Waals surface area contributed by atoms with Crippen LogP contribution in [0.2, 0.25) is 0 Å². The number of ether oxygens (including phenoxy) is 2. The van der Waals surface area contributed by atoms with E-state index in [4.69, 9.17) is 9.47 Å². The Morgan fingerprint density at radius 2 is 1.90 bits per heavy atom. The Bertz CT molecular complexity index is 454. The van der Waals surface area contributed by atoms with Gasteiger partial charge in [0.25, 0.3) is 0 Å². The van der Waals surface area contributed by atoms with Gasteiger partial charge in [-0.1, -0.05) is 30.3 Å². The summed E-state index contributed by atoms with van der Waals surface area (Å²) in [5, 5.41) is 31.5. The van der Waals surface area contributed by atoms with Gasteiger partial charge >= 0.3 is 6.09 Å². The largest absolute Gasteiger partial charge is 0.445 e. The fraction of sp³-hybridized carbons (Fsp3) is 0.500. The maximum absolute atomic E-state index is 11.7. The topological polar surface area (TPSA) is 108 Å². The van der Waals surface area contributed by atoms with Gasteiger partial charge in [0.05, 0.1) is 12.1 Å². The Morgan fingerprint density at radius 3 is 2.57 bits per heavy atom. The standard InChI is InChI=1S/C14H19NO6/c1-8-11(16)10(12(17)13(18)21-8)15-14(19)20-7-9-5-3-2-4-6-9/h2-6,8,10-13,16-18H,7H2,1H3,(H,15,19). The molecule has 1 aromatic carbocycles. The number of aliphatic hydroxyl groups is 3. The van der Waals surface area contributed by atoms with Crippen LogP contribution in [0.15, 0.2) is 30.3 Å². The van der Waals surface area contributed by atoms with Crippen molar-refractivity contribution in [1.82, 2.24) is 5.32 Å². The number of carbonyl (C=O) groups excluding carboxylic acids is 1. The molecule has 0 aromatic heterocycles. The smallest absolute Gasteiger partial charge is 0.407 e. The van der Waals surface area contributed by atoms with E-state index in [1.54, 1.807) is 12.1 Å². The molecule has 1 fully saturated rings. The normalized spacial score (nSPS) is 32.5. The van der Waals surface area contributed by atoms with Gasteiger partial charge in [-0.05, 0) is 12.5 Å². The van der Waals surface area contributed by atoms with E-state index in [0.29, 0.717) is 0 Å². The minimum atomic E-state index is -1.47. The van der Waals surface area contributed by atoms with Gasteiger partial charge in [0.15, 0.2) is 6.29 Å². The fourth-order valence-corrected chi connectivity index (χ4v) is 2.12. The van der Waals surface area contributed by atoms with Crippen molar-refractivity contribution in [3.8, 4) is 0 Å². The highest BCUT2D eigenvalue weighted by Gasteiger charge is 2.43. The van der Waals surface area contributed by atoms with Crippen molar-refractivity contribution in [2.75, 3.05) is 0 Å². The van der Waals surface area contributed by atoms with Crippen molar-refractivity contribution >= 4 is 6.09 Å². The number of benzene rings is 1. The van der Waals surface area contributed by atoms with Crippen LogP contribution in [0, 0.1) is 0 Å². The molecule has 7 nitrogen and oxygen atoms in total. The van der Waals surface area contributed by atoms with Crippen molar-refractivity contribution in [2.45, 2.75) is 44.2 Å². The Kier molecular flexibility index (Phi) is 5.13. The van der Waals surface area contributed by atoms with Gasteiger partial charge < -0.3 is 30.1 Å². The molecule has 1 aliphatic rings. The van der Waals surface area contributed by atoms with Crippen LogP contribution in [-0.2, 0) is 16.1 Å². The average molecular weight is 297 g/mol. The molecule has 5 unspecified atom stereocenters. The molecule has 1 heterocycles. The van der Waals surface area contributed by atoms with E-state index < -0.39 is 36.7 Å². The van der Waals surface area contributed by atoms with E-state index in [2.05, 4.69) is 5.32 Å². The van der Waals surface area contributed by atoms with Crippen LogP contribution in [0.5, 0.6) is 0 Å². The van der Waals surface area contributed by atoms with Gasteiger partial charge in [0.2, 0.25) is 0 Å². The van der Waals surface area contributed by atoms with E-state index in [0.717, 1.165) is 5.56 Å². The van der Waals surface area contributed by atoms with Crippen molar-refractivity contribution in [1.29, 1.82) is 0 Å². The van der Waals surface area contributed by atoms with Crippen LogP contribution in [0.3, 0.4) is 0 Å². The summed E-state index contributed by atoms with van der Waals surface area (Å²) in [6, 6.07) is 8.03. The molecular weight excluding hydrogens is 278 g/mol. The zero-order valence-electron chi connectivity index (χ0n) is 11.5. The molecule has 1 saturated heterocycles. The Hall–Kier alpha value is -1.67. The highest BCUT2D eigenvalue weighted by atomic mass is 16.6. The lowest BCUT2D eigenvalue weighted by Crippen LogP contribution is -2.63. The minimum Gasteiger partial charge on any atom is -0.445 e. The van der Waals surface area contributed by atoms with Crippen LogP contribution in [0.1, 0.15) is 12.5 Å². The van der Waals surface area contributed by atoms with Gasteiger partial charge in [-0.2, -0.15) is 0 Å². The zero-order valence-corrected chi connectivity index (χ0v) is 11.5. The summed E-state index contributed by atoms with van der Waals surface area (Å²) < 4.78 is 9.92. The second-order valence-electron chi connectivity index (χ2n) is 4.94. The third-order valence-electron chi connectivity index (χ3n) is 3.36. The predicted molar refractivity (Wildman–Crippen MR) is 72.1 cm³/mol. The fourth-order valence-electron chi connectivity index (χ4n) is 2.12. The molecule has 2 rings (SSSR count). The molecule has 0 bridgehead atoms. The first-order valence-electron chi connectivity index (χ1n) is 6.66. The summed E-state index contributed by atoms with van der Waals surface area (Å²) in [5.74, 6) is 0. The maximum Gasteiger partial charge on any atom is 0.407 e. The molecule has 0 saturated carbocycles. The summed E-state index contributed by atoms with van der Waals surface area (Å²) in [4.78, 5) is 11.7. The number of nitrogens with one attached hydrogen (secondary N) is 1. The number of amides is 1. The second-order valence-corrected chi connectivity index (χ2v) is 4.94. The molecule has 5 atom stereocenters. The van der Waals surface area contributed by atoms with Crippen molar-refractivity contribution in [2.24, 2.45) is 0 Å². The molecule has 7 heteroatoms. The van der Waals surface area contributed by atoms with Crippen LogP contribution < -0.4 is 5.32 Å². The first-order chi connectivity index (χ1) is 9.99. The summed E-state index contributed by atoms with van der Waals surface area (Å²) in [5.41, 5.74) is 0.814. The summed E-state index contributed by atoms with van der Waals surface area (Å²) in [6.45, 7) is 1.60. The van der Waals surface area contributed by atoms with Crippen LogP contribution in [0.4, 0.5) is 4.79 Å². The quantitative estimate of drug-likeness (QED) is 0.612. The number of carbonyl (C=O) groups is 1. The monoisotopic (exact) mass is 297 g/mol. The van der Waals surface area contributed by atoms with Gasteiger partial charge in [0, 0.05) is 0 Å². The molecule has 0 radical (unpaired) electrons. The van der Waals surface area contributed by atoms with E-state index in [9.17, 15) is 20.1 Å². The van der Waals surface area contributed by atoms with Crippen molar-refractivity contribution in [3.05, 3.63) is 35.9 Å². The van der Waals surface area contributed by atoms with Crippen molar-refractivity contribution in [3.63, 3.8) is 0 Å². The van der Waals surface area contributed by atoms with Crippen LogP contribution >= 0.6 is 0 Å². The van der Waals surface area contributed by atoms with E-state index >= 15 is 0 Å². The maximum atomic E-state index is 11.7. The van der Waals surface area contributed by atoms with Crippen LogP contribution in [-0.4, -0.2) is 52.1 Å². The molecule has 1 aromatic rings. The van der Waals surface area contributed by atoms with E-state index in [1.807, 2.05) is 18.2 Å². The summed E-state index contributed by atoms with van der Waals surface area (Å²) in [6.07, 6.45) is -5.55. The Balaban J connectivity index is 1.89. The average Bonchev–Trinajstić information content (AvgIpc) is 2.48. The summed E-state index contributed by atoms with van der Waals surface area (Å²) >= 11 is 0. The van der Waals surface area contributed by atoms with E-state index in [1.165, 1.54) is 6.92 Å². The molecule has 0 aliphatic carbocycles. The van der Waals surface area contributed by atoms with Gasteiger partial charge in [-0.25, -0.2) is 4.79 Å². The third kappa shape index (κ3) is 3.92. The number of aliphatic hydroxyl groups excluding tert-OH is 3.